The largest absolute Gasteiger partial charge is 0.444 e. The Morgan fingerprint density at radius 3 is 2.55 bits per heavy atom. The van der Waals surface area contributed by atoms with Crippen molar-refractivity contribution in [1.29, 1.82) is 0 Å². The number of pyridine rings is 1. The molecule has 5 rings (SSSR count). The monoisotopic (exact) mass is 386 g/mol. The Morgan fingerprint density at radius 2 is 1.76 bits per heavy atom. The van der Waals surface area contributed by atoms with Gasteiger partial charge in [0.15, 0.2) is 0 Å². The minimum atomic E-state index is -0.965. The van der Waals surface area contributed by atoms with Crippen molar-refractivity contribution in [3.63, 3.8) is 0 Å². The lowest BCUT2D eigenvalue weighted by Crippen LogP contribution is -2.33. The molecule has 0 spiro atoms. The maximum Gasteiger partial charge on any atom is 0.340 e. The summed E-state index contributed by atoms with van der Waals surface area (Å²) in [7, 11) is 0. The van der Waals surface area contributed by atoms with Crippen molar-refractivity contribution in [2.45, 2.75) is 44.2 Å². The molecular weight excluding hydrogens is 364 g/mol. The number of ether oxygens (including phenoxy) is 1. The predicted octanol–water partition coefficient (Wildman–Crippen LogP) is 3.90. The maximum atomic E-state index is 13.4. The molecule has 0 saturated heterocycles. The van der Waals surface area contributed by atoms with Gasteiger partial charge in [-0.05, 0) is 43.7 Å². The minimum absolute atomic E-state index is 0.193. The predicted molar refractivity (Wildman–Crippen MR) is 110 cm³/mol. The zero-order valence-corrected chi connectivity index (χ0v) is 16.1. The van der Waals surface area contributed by atoms with E-state index in [0.717, 1.165) is 54.3 Å². The second-order valence-electron chi connectivity index (χ2n) is 7.76. The number of carbonyl (C=O) groups is 2. The van der Waals surface area contributed by atoms with E-state index in [2.05, 4.69) is 5.32 Å². The number of para-hydroxylation sites is 1. The van der Waals surface area contributed by atoms with Crippen LogP contribution in [0.15, 0.2) is 54.6 Å². The molecule has 3 aromatic rings. The molecule has 29 heavy (non-hydrogen) atoms. The van der Waals surface area contributed by atoms with Crippen LogP contribution in [0.2, 0.25) is 0 Å². The summed E-state index contributed by atoms with van der Waals surface area (Å²) in [5, 5.41) is 3.76. The van der Waals surface area contributed by atoms with Crippen LogP contribution in [0, 0.1) is 0 Å². The van der Waals surface area contributed by atoms with E-state index in [-0.39, 0.29) is 11.9 Å². The molecule has 146 valence electrons. The maximum absolute atomic E-state index is 13.4. The molecule has 2 aromatic carbocycles. The quantitative estimate of drug-likeness (QED) is 0.676. The van der Waals surface area contributed by atoms with Crippen molar-refractivity contribution in [3.05, 3.63) is 77.0 Å². The van der Waals surface area contributed by atoms with Crippen LogP contribution in [0.4, 0.5) is 0 Å². The van der Waals surface area contributed by atoms with E-state index in [1.807, 2.05) is 54.6 Å². The van der Waals surface area contributed by atoms with E-state index in [1.165, 1.54) is 0 Å². The van der Waals surface area contributed by atoms with Gasteiger partial charge < -0.3 is 10.1 Å². The fraction of sp³-hybridized carbons (Fsp3) is 0.292. The van der Waals surface area contributed by atoms with Crippen molar-refractivity contribution in [3.8, 4) is 0 Å². The van der Waals surface area contributed by atoms with Crippen LogP contribution < -0.4 is 5.32 Å². The number of hydrogen-bond acceptors (Lipinski definition) is 4. The van der Waals surface area contributed by atoms with Gasteiger partial charge >= 0.3 is 5.97 Å². The second-order valence-corrected chi connectivity index (χ2v) is 7.76. The number of esters is 1. The van der Waals surface area contributed by atoms with E-state index in [1.54, 1.807) is 0 Å². The molecule has 5 nitrogen and oxygen atoms in total. The Balaban J connectivity index is 1.53. The standard InChI is InChI=1S/C24H22N2O3/c27-23(25-16-13-14-16)22(15-7-2-1-3-8-15)29-24(28)21-17-9-4-5-11-19(17)26-20-12-6-10-18(20)21/h1-5,7-9,11,16,22H,6,10,12-14H2,(H,25,27)/t22-/m0/s1. The average molecular weight is 386 g/mol. The summed E-state index contributed by atoms with van der Waals surface area (Å²) in [6, 6.07) is 17.0. The van der Waals surface area contributed by atoms with Crippen molar-refractivity contribution < 1.29 is 14.3 Å². The summed E-state index contributed by atoms with van der Waals surface area (Å²) in [6.45, 7) is 0. The van der Waals surface area contributed by atoms with E-state index in [9.17, 15) is 9.59 Å². The molecule has 1 amide bonds. The summed E-state index contributed by atoms with van der Waals surface area (Å²) < 4.78 is 5.87. The second kappa shape index (κ2) is 7.32. The number of nitrogens with zero attached hydrogens (tertiary/aromatic N) is 1. The van der Waals surface area contributed by atoms with Gasteiger partial charge in [0.25, 0.3) is 5.91 Å². The van der Waals surface area contributed by atoms with Crippen molar-refractivity contribution in [2.24, 2.45) is 0 Å². The van der Waals surface area contributed by atoms with Gasteiger partial charge in [-0.1, -0.05) is 48.5 Å². The molecule has 1 saturated carbocycles. The summed E-state index contributed by atoms with van der Waals surface area (Å²) in [6.07, 6.45) is 3.64. The Bertz CT molecular complexity index is 1090. The normalized spacial score (nSPS) is 16.3. The highest BCUT2D eigenvalue weighted by molar-refractivity contribution is 6.06. The number of hydrogen-bond donors (Lipinski definition) is 1. The number of carbonyl (C=O) groups excluding carboxylic acids is 2. The lowest BCUT2D eigenvalue weighted by molar-refractivity contribution is -0.130. The van der Waals surface area contributed by atoms with Gasteiger partial charge in [0, 0.05) is 22.7 Å². The molecule has 1 atom stereocenters. The Kier molecular flexibility index (Phi) is 4.51. The van der Waals surface area contributed by atoms with Gasteiger partial charge in [0.1, 0.15) is 0 Å². The molecule has 0 aliphatic heterocycles. The third-order valence-electron chi connectivity index (χ3n) is 5.61. The lowest BCUT2D eigenvalue weighted by atomic mass is 10.0. The molecule has 1 heterocycles. The zero-order chi connectivity index (χ0) is 19.8. The molecular formula is C24H22N2O3. The van der Waals surface area contributed by atoms with E-state index in [0.29, 0.717) is 11.1 Å². The summed E-state index contributed by atoms with van der Waals surface area (Å²) in [5.74, 6) is -0.719. The van der Waals surface area contributed by atoms with Crippen LogP contribution in [-0.2, 0) is 22.4 Å². The smallest absolute Gasteiger partial charge is 0.340 e. The van der Waals surface area contributed by atoms with Crippen molar-refractivity contribution in [2.75, 3.05) is 0 Å². The van der Waals surface area contributed by atoms with Crippen LogP contribution in [0.5, 0.6) is 0 Å². The molecule has 2 aliphatic carbocycles. The van der Waals surface area contributed by atoms with Crippen LogP contribution >= 0.6 is 0 Å². The highest BCUT2D eigenvalue weighted by Crippen LogP contribution is 2.32. The van der Waals surface area contributed by atoms with Crippen molar-refractivity contribution in [1.82, 2.24) is 10.3 Å². The molecule has 0 unspecified atom stereocenters. The van der Waals surface area contributed by atoms with Crippen LogP contribution in [-0.4, -0.2) is 22.9 Å². The number of aryl methyl sites for hydroxylation is 1. The third-order valence-corrected chi connectivity index (χ3v) is 5.61. The third kappa shape index (κ3) is 3.48. The van der Waals surface area contributed by atoms with Crippen LogP contribution in [0.3, 0.4) is 0 Å². The van der Waals surface area contributed by atoms with E-state index in [4.69, 9.17) is 9.72 Å². The molecule has 2 aliphatic rings. The van der Waals surface area contributed by atoms with Gasteiger partial charge in [0.2, 0.25) is 6.10 Å². The number of benzene rings is 2. The van der Waals surface area contributed by atoms with E-state index >= 15 is 0 Å². The number of rotatable bonds is 5. The molecule has 1 fully saturated rings. The highest BCUT2D eigenvalue weighted by Gasteiger charge is 2.33. The molecule has 1 N–H and O–H groups in total. The lowest BCUT2D eigenvalue weighted by Gasteiger charge is -2.19. The zero-order valence-electron chi connectivity index (χ0n) is 16.1. The van der Waals surface area contributed by atoms with Crippen molar-refractivity contribution >= 4 is 22.8 Å². The first-order valence-corrected chi connectivity index (χ1v) is 10.2. The minimum Gasteiger partial charge on any atom is -0.444 e. The summed E-state index contributed by atoms with van der Waals surface area (Å²) in [5.41, 5.74) is 3.95. The van der Waals surface area contributed by atoms with E-state index < -0.39 is 12.1 Å². The molecule has 0 bridgehead atoms. The number of amides is 1. The molecule has 5 heteroatoms. The average Bonchev–Trinajstić information content (AvgIpc) is 3.44. The van der Waals surface area contributed by atoms with Gasteiger partial charge in [-0.3, -0.25) is 9.78 Å². The summed E-state index contributed by atoms with van der Waals surface area (Å²) in [4.78, 5) is 31.0. The summed E-state index contributed by atoms with van der Waals surface area (Å²) >= 11 is 0. The molecule has 0 radical (unpaired) electrons. The van der Waals surface area contributed by atoms with Crippen LogP contribution in [0.25, 0.3) is 10.9 Å². The van der Waals surface area contributed by atoms with Gasteiger partial charge in [-0.25, -0.2) is 4.79 Å². The van der Waals surface area contributed by atoms with Gasteiger partial charge in [-0.15, -0.1) is 0 Å². The first-order valence-electron chi connectivity index (χ1n) is 10.2. The first-order chi connectivity index (χ1) is 14.2. The Labute approximate surface area is 169 Å². The topological polar surface area (TPSA) is 68.3 Å². The van der Waals surface area contributed by atoms with Gasteiger partial charge in [0.05, 0.1) is 11.1 Å². The Hall–Kier alpha value is -3.21. The Morgan fingerprint density at radius 1 is 1.00 bits per heavy atom. The number of nitrogens with one attached hydrogen (secondary N) is 1. The van der Waals surface area contributed by atoms with Crippen LogP contribution in [0.1, 0.15) is 52.5 Å². The van der Waals surface area contributed by atoms with Gasteiger partial charge in [-0.2, -0.15) is 0 Å². The number of fused-ring (bicyclic) bond motifs is 2. The molecule has 1 aromatic heterocycles. The number of aromatic nitrogens is 1. The fourth-order valence-electron chi connectivity index (χ4n) is 4.02. The SMILES string of the molecule is O=C(O[C@H](C(=O)NC1CC1)c1ccccc1)c1c2c(nc3ccccc13)CCC2. The highest BCUT2D eigenvalue weighted by atomic mass is 16.5. The first kappa shape index (κ1) is 17.9. The fourth-order valence-corrected chi connectivity index (χ4v) is 4.02.